The molecule has 1 aliphatic heterocycles. The number of hydrogen-bond acceptors (Lipinski definition) is 2. The molecule has 1 N–H and O–H groups in total. The Hall–Kier alpha value is -1.51. The highest BCUT2D eigenvalue weighted by Gasteiger charge is 2.28. The number of nitrogens with zero attached hydrogens (tertiary/aromatic N) is 1. The Kier molecular flexibility index (Phi) is 4.47. The molecule has 2 unspecified atom stereocenters. The molecule has 0 radical (unpaired) electrons. The second-order valence-corrected chi connectivity index (χ2v) is 6.01. The van der Waals surface area contributed by atoms with Gasteiger partial charge in [0.25, 0.3) is 0 Å². The lowest BCUT2D eigenvalue weighted by Gasteiger charge is -2.42. The van der Waals surface area contributed by atoms with Gasteiger partial charge in [-0.15, -0.1) is 0 Å². The van der Waals surface area contributed by atoms with Crippen LogP contribution in [0.3, 0.4) is 0 Å². The van der Waals surface area contributed by atoms with Crippen molar-refractivity contribution in [1.82, 2.24) is 5.32 Å². The van der Waals surface area contributed by atoms with Crippen LogP contribution in [-0.4, -0.2) is 19.1 Å². The lowest BCUT2D eigenvalue weighted by molar-refractivity contribution is 0.390. The molecule has 2 atom stereocenters. The second-order valence-electron chi connectivity index (χ2n) is 5.57. The molecule has 1 heterocycles. The minimum atomic E-state index is 0.371. The third-order valence-corrected chi connectivity index (χ3v) is 4.48. The second kappa shape index (κ2) is 6.50. The Balaban J connectivity index is 1.92. The van der Waals surface area contributed by atoms with E-state index < -0.39 is 0 Å². The van der Waals surface area contributed by atoms with Crippen molar-refractivity contribution in [3.8, 4) is 0 Å². The predicted molar refractivity (Wildman–Crippen MR) is 90.1 cm³/mol. The summed E-state index contributed by atoms with van der Waals surface area (Å²) in [6, 6.07) is 19.8. The van der Waals surface area contributed by atoms with E-state index >= 15 is 0 Å². The van der Waals surface area contributed by atoms with Gasteiger partial charge >= 0.3 is 0 Å². The van der Waals surface area contributed by atoms with Crippen molar-refractivity contribution in [3.05, 3.63) is 65.2 Å². The summed E-state index contributed by atoms with van der Waals surface area (Å²) in [5.41, 5.74) is 2.60. The van der Waals surface area contributed by atoms with Crippen LogP contribution < -0.4 is 10.2 Å². The van der Waals surface area contributed by atoms with E-state index in [1.54, 1.807) is 0 Å². The zero-order valence-corrected chi connectivity index (χ0v) is 13.1. The fraction of sp³-hybridized carbons (Fsp3) is 0.333. The Morgan fingerprint density at radius 3 is 2.48 bits per heavy atom. The van der Waals surface area contributed by atoms with Crippen molar-refractivity contribution in [3.63, 3.8) is 0 Å². The summed E-state index contributed by atoms with van der Waals surface area (Å²) in [6.07, 6.45) is 1.14. The van der Waals surface area contributed by atoms with Gasteiger partial charge in [0.15, 0.2) is 0 Å². The average Bonchev–Trinajstić information content (AvgIpc) is 2.56. The number of hydrogen-bond donors (Lipinski definition) is 1. The van der Waals surface area contributed by atoms with Crippen molar-refractivity contribution in [2.45, 2.75) is 25.4 Å². The Morgan fingerprint density at radius 1 is 1.10 bits per heavy atom. The quantitative estimate of drug-likeness (QED) is 0.910. The maximum atomic E-state index is 6.03. The first-order chi connectivity index (χ1) is 10.3. The molecule has 1 saturated heterocycles. The molecule has 1 aliphatic rings. The molecule has 2 aromatic rings. The summed E-state index contributed by atoms with van der Waals surface area (Å²) >= 11 is 6.03. The molecule has 0 aromatic heterocycles. The zero-order chi connectivity index (χ0) is 14.7. The number of anilines is 1. The van der Waals surface area contributed by atoms with Crippen LogP contribution in [-0.2, 0) is 0 Å². The summed E-state index contributed by atoms with van der Waals surface area (Å²) < 4.78 is 0. The van der Waals surface area contributed by atoms with Crippen LogP contribution in [0.25, 0.3) is 0 Å². The van der Waals surface area contributed by atoms with Crippen molar-refractivity contribution >= 4 is 17.3 Å². The van der Waals surface area contributed by atoms with Crippen LogP contribution in [0.5, 0.6) is 0 Å². The molecule has 2 nitrogen and oxygen atoms in total. The topological polar surface area (TPSA) is 15.3 Å². The van der Waals surface area contributed by atoms with Gasteiger partial charge in [-0.1, -0.05) is 48.9 Å². The van der Waals surface area contributed by atoms with Crippen molar-refractivity contribution in [2.24, 2.45) is 0 Å². The van der Waals surface area contributed by atoms with Gasteiger partial charge in [0.1, 0.15) is 0 Å². The monoisotopic (exact) mass is 300 g/mol. The van der Waals surface area contributed by atoms with E-state index in [1.165, 1.54) is 11.3 Å². The molecule has 2 aromatic carbocycles. The lowest BCUT2D eigenvalue weighted by atomic mass is 9.99. The fourth-order valence-electron chi connectivity index (χ4n) is 2.98. The van der Waals surface area contributed by atoms with Gasteiger partial charge in [-0.25, -0.2) is 0 Å². The van der Waals surface area contributed by atoms with Crippen molar-refractivity contribution in [2.75, 3.05) is 18.0 Å². The van der Waals surface area contributed by atoms with Gasteiger partial charge in [0.05, 0.1) is 6.04 Å². The summed E-state index contributed by atoms with van der Waals surface area (Å²) in [7, 11) is 0. The van der Waals surface area contributed by atoms with Gasteiger partial charge in [-0.2, -0.15) is 0 Å². The number of nitrogens with one attached hydrogen (secondary N) is 1. The number of rotatable bonds is 3. The molecule has 0 spiro atoms. The van der Waals surface area contributed by atoms with E-state index in [2.05, 4.69) is 59.6 Å². The highest BCUT2D eigenvalue weighted by Crippen LogP contribution is 2.30. The lowest BCUT2D eigenvalue weighted by Crippen LogP contribution is -2.52. The molecule has 3 rings (SSSR count). The van der Waals surface area contributed by atoms with Gasteiger partial charge in [-0.3, -0.25) is 0 Å². The number of piperazine rings is 1. The molecule has 110 valence electrons. The van der Waals surface area contributed by atoms with E-state index in [1.807, 2.05) is 12.1 Å². The summed E-state index contributed by atoms with van der Waals surface area (Å²) in [5, 5.41) is 4.45. The Bertz CT molecular complexity index is 568. The molecule has 0 bridgehead atoms. The zero-order valence-electron chi connectivity index (χ0n) is 12.3. The predicted octanol–water partition coefficient (Wildman–Crippen LogP) is 4.27. The van der Waals surface area contributed by atoms with Crippen molar-refractivity contribution < 1.29 is 0 Å². The van der Waals surface area contributed by atoms with Crippen molar-refractivity contribution in [1.29, 1.82) is 0 Å². The average molecular weight is 301 g/mol. The van der Waals surface area contributed by atoms with Crippen LogP contribution in [0.15, 0.2) is 54.6 Å². The van der Waals surface area contributed by atoms with Gasteiger partial charge in [0, 0.05) is 29.8 Å². The van der Waals surface area contributed by atoms with E-state index in [0.29, 0.717) is 12.1 Å². The van der Waals surface area contributed by atoms with E-state index in [4.69, 9.17) is 11.6 Å². The number of halogens is 1. The summed E-state index contributed by atoms with van der Waals surface area (Å²) in [4.78, 5) is 2.50. The minimum absolute atomic E-state index is 0.371. The molecule has 0 aliphatic carbocycles. The first-order valence-corrected chi connectivity index (χ1v) is 7.96. The molecular weight excluding hydrogens is 280 g/mol. The largest absolute Gasteiger partial charge is 0.362 e. The standard InChI is InChI=1S/C18H21ClN2/c1-2-16-13-21(17-10-8-15(19)9-11-17)18(12-20-16)14-6-4-3-5-7-14/h3-11,16,18,20H,2,12-13H2,1H3. The van der Waals surface area contributed by atoms with E-state index in [-0.39, 0.29) is 0 Å². The maximum absolute atomic E-state index is 6.03. The van der Waals surface area contributed by atoms with Crippen LogP contribution in [0, 0.1) is 0 Å². The van der Waals surface area contributed by atoms with E-state index in [9.17, 15) is 0 Å². The van der Waals surface area contributed by atoms with Gasteiger partial charge in [-0.05, 0) is 36.2 Å². The van der Waals surface area contributed by atoms with Crippen LogP contribution in [0.2, 0.25) is 5.02 Å². The van der Waals surface area contributed by atoms with E-state index in [0.717, 1.165) is 24.5 Å². The first-order valence-electron chi connectivity index (χ1n) is 7.58. The Labute approximate surface area is 131 Å². The molecular formula is C18H21ClN2. The molecule has 0 amide bonds. The third kappa shape index (κ3) is 3.22. The summed E-state index contributed by atoms with van der Waals surface area (Å²) in [6.45, 7) is 4.24. The van der Waals surface area contributed by atoms with Gasteiger partial charge in [0.2, 0.25) is 0 Å². The highest BCUT2D eigenvalue weighted by molar-refractivity contribution is 6.30. The Morgan fingerprint density at radius 2 is 1.81 bits per heavy atom. The van der Waals surface area contributed by atoms with Gasteiger partial charge < -0.3 is 10.2 Å². The highest BCUT2D eigenvalue weighted by atomic mass is 35.5. The minimum Gasteiger partial charge on any atom is -0.362 e. The molecule has 21 heavy (non-hydrogen) atoms. The summed E-state index contributed by atoms with van der Waals surface area (Å²) in [5.74, 6) is 0. The maximum Gasteiger partial charge on any atom is 0.0667 e. The smallest absolute Gasteiger partial charge is 0.0667 e. The normalized spacial score (nSPS) is 22.3. The first kappa shape index (κ1) is 14.4. The molecule has 0 saturated carbocycles. The third-order valence-electron chi connectivity index (χ3n) is 4.23. The number of benzene rings is 2. The van der Waals surface area contributed by atoms with Crippen LogP contribution >= 0.6 is 11.6 Å². The van der Waals surface area contributed by atoms with Crippen LogP contribution in [0.1, 0.15) is 24.9 Å². The SMILES string of the molecule is CCC1CN(c2ccc(Cl)cc2)C(c2ccccc2)CN1. The van der Waals surface area contributed by atoms with Crippen LogP contribution in [0.4, 0.5) is 5.69 Å². The molecule has 1 fully saturated rings. The molecule has 3 heteroatoms. The fourth-order valence-corrected chi connectivity index (χ4v) is 3.11.